The van der Waals surface area contributed by atoms with Gasteiger partial charge in [-0.3, -0.25) is 4.99 Å². The van der Waals surface area contributed by atoms with Gasteiger partial charge >= 0.3 is 0 Å². The van der Waals surface area contributed by atoms with E-state index in [2.05, 4.69) is 36.2 Å². The maximum absolute atomic E-state index is 5.22. The van der Waals surface area contributed by atoms with E-state index in [0.29, 0.717) is 12.6 Å². The Labute approximate surface area is 83.4 Å². The van der Waals surface area contributed by atoms with Crippen molar-refractivity contribution in [3.8, 4) is 0 Å². The van der Waals surface area contributed by atoms with Crippen LogP contribution in [-0.2, 0) is 6.42 Å². The van der Waals surface area contributed by atoms with Crippen LogP contribution >= 0.6 is 0 Å². The lowest BCUT2D eigenvalue weighted by Gasteiger charge is -2.16. The molecule has 76 valence electrons. The van der Waals surface area contributed by atoms with Gasteiger partial charge in [0.1, 0.15) is 6.67 Å². The monoisotopic (exact) mass is 193 g/mol. The lowest BCUT2D eigenvalue weighted by atomic mass is 9.98. The molecule has 1 aliphatic heterocycles. The Kier molecular flexibility index (Phi) is 2.27. The van der Waals surface area contributed by atoms with Crippen molar-refractivity contribution >= 4 is 11.6 Å². The van der Waals surface area contributed by atoms with E-state index in [-0.39, 0.29) is 0 Å². The molecular formula is C10H15N3O. The van der Waals surface area contributed by atoms with Crippen molar-refractivity contribution in [3.05, 3.63) is 11.3 Å². The van der Waals surface area contributed by atoms with Gasteiger partial charge in [-0.15, -0.1) is 0 Å². The summed E-state index contributed by atoms with van der Waals surface area (Å²) in [6.45, 7) is 6.95. The Bertz CT molecular complexity index is 365. The van der Waals surface area contributed by atoms with E-state index in [1.54, 1.807) is 0 Å². The summed E-state index contributed by atoms with van der Waals surface area (Å²) in [5.41, 5.74) is 3.19. The van der Waals surface area contributed by atoms with E-state index in [1.807, 2.05) is 0 Å². The third kappa shape index (κ3) is 1.31. The zero-order chi connectivity index (χ0) is 10.1. The SMILES string of the molecule is CCc1noc2c1C(C(C)C)=NCN2. The number of aromatic nitrogens is 1. The minimum Gasteiger partial charge on any atom is -0.338 e. The minimum atomic E-state index is 0.417. The van der Waals surface area contributed by atoms with E-state index in [9.17, 15) is 0 Å². The molecule has 0 radical (unpaired) electrons. The number of rotatable bonds is 2. The second kappa shape index (κ2) is 3.44. The Balaban J connectivity index is 2.49. The molecule has 1 aromatic rings. The van der Waals surface area contributed by atoms with Gasteiger partial charge in [-0.2, -0.15) is 0 Å². The average molecular weight is 193 g/mol. The molecule has 0 saturated carbocycles. The summed E-state index contributed by atoms with van der Waals surface area (Å²) < 4.78 is 5.22. The number of aliphatic imine (C=N–C) groups is 1. The molecule has 2 rings (SSSR count). The zero-order valence-corrected chi connectivity index (χ0v) is 8.79. The quantitative estimate of drug-likeness (QED) is 0.782. The maximum atomic E-state index is 5.22. The molecule has 0 fully saturated rings. The van der Waals surface area contributed by atoms with Crippen LogP contribution in [0.5, 0.6) is 0 Å². The molecule has 0 amide bonds. The fraction of sp³-hybridized carbons (Fsp3) is 0.600. The third-order valence-corrected chi connectivity index (χ3v) is 2.39. The average Bonchev–Trinajstić information content (AvgIpc) is 2.59. The van der Waals surface area contributed by atoms with Crippen LogP contribution in [0.4, 0.5) is 5.88 Å². The molecule has 0 spiro atoms. The number of hydrogen-bond donors (Lipinski definition) is 1. The number of hydrogen-bond acceptors (Lipinski definition) is 4. The van der Waals surface area contributed by atoms with Gasteiger partial charge < -0.3 is 9.84 Å². The third-order valence-electron chi connectivity index (χ3n) is 2.39. The molecule has 4 heteroatoms. The second-order valence-electron chi connectivity index (χ2n) is 3.72. The molecule has 2 heterocycles. The number of anilines is 1. The van der Waals surface area contributed by atoms with Crippen LogP contribution in [-0.4, -0.2) is 17.5 Å². The largest absolute Gasteiger partial charge is 0.338 e. The fourth-order valence-corrected chi connectivity index (χ4v) is 1.70. The second-order valence-corrected chi connectivity index (χ2v) is 3.72. The number of nitrogens with zero attached hydrogens (tertiary/aromatic N) is 2. The van der Waals surface area contributed by atoms with Crippen molar-refractivity contribution in [2.24, 2.45) is 10.9 Å². The number of aryl methyl sites for hydroxylation is 1. The van der Waals surface area contributed by atoms with E-state index in [4.69, 9.17) is 4.52 Å². The smallest absolute Gasteiger partial charge is 0.235 e. The summed E-state index contributed by atoms with van der Waals surface area (Å²) in [6.07, 6.45) is 0.881. The first-order valence-corrected chi connectivity index (χ1v) is 5.01. The van der Waals surface area contributed by atoms with Gasteiger partial charge in [0.15, 0.2) is 0 Å². The Morgan fingerprint density at radius 1 is 1.50 bits per heavy atom. The lowest BCUT2D eigenvalue weighted by Crippen LogP contribution is -2.19. The summed E-state index contributed by atoms with van der Waals surface area (Å²) in [6, 6.07) is 0. The van der Waals surface area contributed by atoms with Crippen molar-refractivity contribution in [1.29, 1.82) is 0 Å². The van der Waals surface area contributed by atoms with Gasteiger partial charge in [0.05, 0.1) is 17.0 Å². The van der Waals surface area contributed by atoms with Crippen LogP contribution < -0.4 is 5.32 Å². The summed E-state index contributed by atoms with van der Waals surface area (Å²) in [4.78, 5) is 4.46. The Morgan fingerprint density at radius 3 is 2.93 bits per heavy atom. The van der Waals surface area contributed by atoms with E-state index in [0.717, 1.165) is 29.3 Å². The first kappa shape index (κ1) is 9.24. The summed E-state index contributed by atoms with van der Waals surface area (Å²) >= 11 is 0. The van der Waals surface area contributed by atoms with Crippen LogP contribution in [0.15, 0.2) is 9.52 Å². The highest BCUT2D eigenvalue weighted by Gasteiger charge is 2.24. The van der Waals surface area contributed by atoms with Gasteiger partial charge in [-0.05, 0) is 12.3 Å². The molecule has 0 unspecified atom stereocenters. The van der Waals surface area contributed by atoms with Gasteiger partial charge in [0.2, 0.25) is 5.88 Å². The molecule has 1 aliphatic rings. The van der Waals surface area contributed by atoms with Crippen molar-refractivity contribution in [3.63, 3.8) is 0 Å². The highest BCUT2D eigenvalue weighted by molar-refractivity contribution is 6.07. The highest BCUT2D eigenvalue weighted by atomic mass is 16.5. The first-order valence-electron chi connectivity index (χ1n) is 5.01. The Hall–Kier alpha value is -1.32. The van der Waals surface area contributed by atoms with Gasteiger partial charge in [0, 0.05) is 0 Å². The van der Waals surface area contributed by atoms with E-state index >= 15 is 0 Å². The van der Waals surface area contributed by atoms with Gasteiger partial charge in [0.25, 0.3) is 0 Å². The lowest BCUT2D eigenvalue weighted by molar-refractivity contribution is 0.424. The summed E-state index contributed by atoms with van der Waals surface area (Å²) in [5, 5.41) is 7.12. The highest BCUT2D eigenvalue weighted by Crippen LogP contribution is 2.26. The molecule has 0 aromatic carbocycles. The molecule has 1 aromatic heterocycles. The van der Waals surface area contributed by atoms with Crippen molar-refractivity contribution < 1.29 is 4.52 Å². The van der Waals surface area contributed by atoms with Gasteiger partial charge in [-0.25, -0.2) is 0 Å². The molecule has 14 heavy (non-hydrogen) atoms. The standard InChI is InChI=1S/C10H15N3O/c1-4-7-8-9(6(2)3)11-5-12-10(8)14-13-7/h6,12H,4-5H2,1-3H3. The molecule has 0 atom stereocenters. The van der Waals surface area contributed by atoms with E-state index < -0.39 is 0 Å². The van der Waals surface area contributed by atoms with Crippen molar-refractivity contribution in [2.75, 3.05) is 12.0 Å². The minimum absolute atomic E-state index is 0.417. The predicted octanol–water partition coefficient (Wildman–Crippen LogP) is 2.07. The first-order chi connectivity index (χ1) is 6.74. The van der Waals surface area contributed by atoms with Crippen molar-refractivity contribution in [1.82, 2.24) is 5.16 Å². The maximum Gasteiger partial charge on any atom is 0.235 e. The van der Waals surface area contributed by atoms with Crippen molar-refractivity contribution in [2.45, 2.75) is 27.2 Å². The van der Waals surface area contributed by atoms with E-state index in [1.165, 1.54) is 0 Å². The predicted molar refractivity (Wildman–Crippen MR) is 55.7 cm³/mol. The van der Waals surface area contributed by atoms with Crippen LogP contribution in [0.3, 0.4) is 0 Å². The van der Waals surface area contributed by atoms with Crippen LogP contribution in [0, 0.1) is 5.92 Å². The number of fused-ring (bicyclic) bond motifs is 1. The molecule has 4 nitrogen and oxygen atoms in total. The number of nitrogens with one attached hydrogen (secondary N) is 1. The topological polar surface area (TPSA) is 50.4 Å². The molecule has 0 aliphatic carbocycles. The van der Waals surface area contributed by atoms with Crippen LogP contribution in [0.1, 0.15) is 32.0 Å². The zero-order valence-electron chi connectivity index (χ0n) is 8.79. The Morgan fingerprint density at radius 2 is 2.29 bits per heavy atom. The van der Waals surface area contributed by atoms with Crippen LogP contribution in [0.2, 0.25) is 0 Å². The summed E-state index contributed by atoms with van der Waals surface area (Å²) in [7, 11) is 0. The summed E-state index contributed by atoms with van der Waals surface area (Å²) in [5.74, 6) is 1.20. The molecular weight excluding hydrogens is 178 g/mol. The normalized spacial score (nSPS) is 15.0. The van der Waals surface area contributed by atoms with Gasteiger partial charge in [-0.1, -0.05) is 25.9 Å². The molecule has 1 N–H and O–H groups in total. The van der Waals surface area contributed by atoms with Crippen LogP contribution in [0.25, 0.3) is 0 Å². The molecule has 0 bridgehead atoms. The fourth-order valence-electron chi connectivity index (χ4n) is 1.70. The molecule has 0 saturated heterocycles.